The standard InChI is InChI=1S/C11H13BrFNO2/c1-2-16-10-4-3-8(7-9(10)13)14-11(15)5-6-12/h3-4,7H,2,5-6H2,1H3,(H,14,15). The Labute approximate surface area is 102 Å². The Hall–Kier alpha value is -1.10. The lowest BCUT2D eigenvalue weighted by molar-refractivity contribution is -0.115. The van der Waals surface area contributed by atoms with Gasteiger partial charge in [-0.15, -0.1) is 0 Å². The van der Waals surface area contributed by atoms with E-state index in [0.717, 1.165) is 0 Å². The van der Waals surface area contributed by atoms with Crippen LogP contribution in [-0.2, 0) is 4.79 Å². The molecule has 0 aliphatic rings. The van der Waals surface area contributed by atoms with Gasteiger partial charge < -0.3 is 10.1 Å². The highest BCUT2D eigenvalue weighted by Crippen LogP contribution is 2.21. The van der Waals surface area contributed by atoms with Gasteiger partial charge in [0.05, 0.1) is 6.61 Å². The minimum atomic E-state index is -0.474. The number of rotatable bonds is 5. The van der Waals surface area contributed by atoms with E-state index in [2.05, 4.69) is 21.2 Å². The molecule has 5 heteroatoms. The summed E-state index contributed by atoms with van der Waals surface area (Å²) in [5, 5.41) is 3.17. The van der Waals surface area contributed by atoms with Crippen molar-refractivity contribution >= 4 is 27.5 Å². The van der Waals surface area contributed by atoms with E-state index in [1.165, 1.54) is 12.1 Å². The number of nitrogens with one attached hydrogen (secondary N) is 1. The second-order valence-corrected chi connectivity index (χ2v) is 3.86. The maximum atomic E-state index is 13.4. The second kappa shape index (κ2) is 6.48. The molecule has 0 unspecified atom stereocenters. The lowest BCUT2D eigenvalue weighted by atomic mass is 10.3. The zero-order valence-electron chi connectivity index (χ0n) is 8.93. The van der Waals surface area contributed by atoms with Crippen molar-refractivity contribution in [1.29, 1.82) is 0 Å². The summed E-state index contributed by atoms with van der Waals surface area (Å²) in [7, 11) is 0. The van der Waals surface area contributed by atoms with Crippen LogP contribution in [0.4, 0.5) is 10.1 Å². The van der Waals surface area contributed by atoms with Gasteiger partial charge in [-0.05, 0) is 19.1 Å². The highest BCUT2D eigenvalue weighted by atomic mass is 79.9. The van der Waals surface area contributed by atoms with E-state index in [9.17, 15) is 9.18 Å². The van der Waals surface area contributed by atoms with Crippen molar-refractivity contribution in [1.82, 2.24) is 0 Å². The zero-order chi connectivity index (χ0) is 12.0. The van der Waals surface area contributed by atoms with Crippen LogP contribution in [0.5, 0.6) is 5.75 Å². The SMILES string of the molecule is CCOc1ccc(NC(=O)CCBr)cc1F. The summed E-state index contributed by atoms with van der Waals surface area (Å²) >= 11 is 3.16. The number of benzene rings is 1. The summed E-state index contributed by atoms with van der Waals surface area (Å²) < 4.78 is 18.4. The van der Waals surface area contributed by atoms with Gasteiger partial charge in [0.25, 0.3) is 0 Å². The predicted molar refractivity (Wildman–Crippen MR) is 64.6 cm³/mol. The van der Waals surface area contributed by atoms with Gasteiger partial charge in [-0.3, -0.25) is 4.79 Å². The monoisotopic (exact) mass is 289 g/mol. The summed E-state index contributed by atoms with van der Waals surface area (Å²) in [5.74, 6) is -0.431. The molecule has 1 rings (SSSR count). The molecule has 88 valence electrons. The van der Waals surface area contributed by atoms with Crippen LogP contribution in [0.25, 0.3) is 0 Å². The smallest absolute Gasteiger partial charge is 0.225 e. The molecule has 0 saturated carbocycles. The first-order valence-electron chi connectivity index (χ1n) is 4.95. The molecule has 0 bridgehead atoms. The molecule has 0 aromatic heterocycles. The maximum absolute atomic E-state index is 13.4. The first kappa shape index (κ1) is 13.0. The third-order valence-corrected chi connectivity index (χ3v) is 2.23. The van der Waals surface area contributed by atoms with Crippen LogP contribution in [-0.4, -0.2) is 17.8 Å². The van der Waals surface area contributed by atoms with Crippen molar-refractivity contribution in [3.8, 4) is 5.75 Å². The summed E-state index contributed by atoms with van der Waals surface area (Å²) in [6.45, 7) is 2.19. The second-order valence-electron chi connectivity index (χ2n) is 3.07. The van der Waals surface area contributed by atoms with Crippen molar-refractivity contribution in [2.24, 2.45) is 0 Å². The molecule has 16 heavy (non-hydrogen) atoms. The predicted octanol–water partition coefficient (Wildman–Crippen LogP) is 2.95. The Morgan fingerprint density at radius 2 is 2.31 bits per heavy atom. The van der Waals surface area contributed by atoms with Crippen molar-refractivity contribution in [3.05, 3.63) is 24.0 Å². The van der Waals surface area contributed by atoms with Gasteiger partial charge in [0.1, 0.15) is 0 Å². The molecule has 1 N–H and O–H groups in total. The average Bonchev–Trinajstić information content (AvgIpc) is 2.22. The number of halogens is 2. The third kappa shape index (κ3) is 3.81. The van der Waals surface area contributed by atoms with E-state index >= 15 is 0 Å². The first-order chi connectivity index (χ1) is 7.67. The van der Waals surface area contributed by atoms with Crippen LogP contribution in [0.15, 0.2) is 18.2 Å². The quantitative estimate of drug-likeness (QED) is 0.847. The fourth-order valence-corrected chi connectivity index (χ4v) is 1.52. The van der Waals surface area contributed by atoms with E-state index < -0.39 is 5.82 Å². The van der Waals surface area contributed by atoms with E-state index in [0.29, 0.717) is 24.0 Å². The van der Waals surface area contributed by atoms with Gasteiger partial charge >= 0.3 is 0 Å². The molecule has 0 radical (unpaired) electrons. The largest absolute Gasteiger partial charge is 0.491 e. The number of hydrogen-bond acceptors (Lipinski definition) is 2. The van der Waals surface area contributed by atoms with Gasteiger partial charge in [0.2, 0.25) is 5.91 Å². The molecule has 3 nitrogen and oxygen atoms in total. The average molecular weight is 290 g/mol. The molecule has 1 aromatic rings. The van der Waals surface area contributed by atoms with Crippen molar-refractivity contribution < 1.29 is 13.9 Å². The fourth-order valence-electron chi connectivity index (χ4n) is 1.16. The molecule has 0 spiro atoms. The molecule has 0 fully saturated rings. The van der Waals surface area contributed by atoms with Crippen LogP contribution < -0.4 is 10.1 Å². The number of hydrogen-bond donors (Lipinski definition) is 1. The van der Waals surface area contributed by atoms with Gasteiger partial charge in [-0.1, -0.05) is 15.9 Å². The van der Waals surface area contributed by atoms with Crippen LogP contribution >= 0.6 is 15.9 Å². The van der Waals surface area contributed by atoms with Gasteiger partial charge in [0.15, 0.2) is 11.6 Å². The van der Waals surface area contributed by atoms with Crippen LogP contribution in [0.2, 0.25) is 0 Å². The zero-order valence-corrected chi connectivity index (χ0v) is 10.5. The van der Waals surface area contributed by atoms with E-state index in [-0.39, 0.29) is 11.7 Å². The summed E-state index contributed by atoms with van der Waals surface area (Å²) in [6, 6.07) is 4.36. The number of anilines is 1. The minimum absolute atomic E-state index is 0.152. The van der Waals surface area contributed by atoms with Crippen molar-refractivity contribution in [3.63, 3.8) is 0 Å². The van der Waals surface area contributed by atoms with Crippen LogP contribution in [0.1, 0.15) is 13.3 Å². The Balaban J connectivity index is 2.69. The summed E-state index contributed by atoms with van der Waals surface area (Å²) in [5.41, 5.74) is 0.437. The van der Waals surface area contributed by atoms with Gasteiger partial charge in [-0.2, -0.15) is 0 Å². The third-order valence-electron chi connectivity index (χ3n) is 1.84. The molecule has 1 amide bonds. The fraction of sp³-hybridized carbons (Fsp3) is 0.364. The Kier molecular flexibility index (Phi) is 5.25. The molecule has 0 aliphatic carbocycles. The normalized spacial score (nSPS) is 9.94. The molecule has 0 aliphatic heterocycles. The number of ether oxygens (including phenoxy) is 1. The first-order valence-corrected chi connectivity index (χ1v) is 6.07. The number of carbonyl (C=O) groups is 1. The Morgan fingerprint density at radius 3 is 2.88 bits per heavy atom. The lowest BCUT2D eigenvalue weighted by Gasteiger charge is -2.07. The number of carbonyl (C=O) groups excluding carboxylic acids is 1. The molecular weight excluding hydrogens is 277 g/mol. The Morgan fingerprint density at radius 1 is 1.56 bits per heavy atom. The van der Waals surface area contributed by atoms with Crippen molar-refractivity contribution in [2.75, 3.05) is 17.3 Å². The minimum Gasteiger partial charge on any atom is -0.491 e. The molecule has 0 saturated heterocycles. The number of amides is 1. The van der Waals surface area contributed by atoms with E-state index in [1.807, 2.05) is 0 Å². The number of alkyl halides is 1. The lowest BCUT2D eigenvalue weighted by Crippen LogP contribution is -2.11. The van der Waals surface area contributed by atoms with Crippen LogP contribution in [0.3, 0.4) is 0 Å². The Bertz CT molecular complexity index is 371. The highest BCUT2D eigenvalue weighted by molar-refractivity contribution is 9.09. The molecule has 0 atom stereocenters. The maximum Gasteiger partial charge on any atom is 0.225 e. The van der Waals surface area contributed by atoms with Gasteiger partial charge in [-0.25, -0.2) is 4.39 Å². The highest BCUT2D eigenvalue weighted by Gasteiger charge is 2.06. The van der Waals surface area contributed by atoms with E-state index in [4.69, 9.17) is 4.74 Å². The van der Waals surface area contributed by atoms with E-state index in [1.54, 1.807) is 13.0 Å². The summed E-state index contributed by atoms with van der Waals surface area (Å²) in [6.07, 6.45) is 0.356. The van der Waals surface area contributed by atoms with Gasteiger partial charge in [0, 0.05) is 23.5 Å². The molecule has 0 heterocycles. The molecule has 1 aromatic carbocycles. The van der Waals surface area contributed by atoms with Crippen LogP contribution in [0, 0.1) is 5.82 Å². The van der Waals surface area contributed by atoms with Crippen molar-refractivity contribution in [2.45, 2.75) is 13.3 Å². The molecular formula is C11H13BrFNO2. The summed E-state index contributed by atoms with van der Waals surface area (Å²) in [4.78, 5) is 11.2. The topological polar surface area (TPSA) is 38.3 Å².